The largest absolute Gasteiger partial charge is 0.370 e. The van der Waals surface area contributed by atoms with Gasteiger partial charge in [-0.1, -0.05) is 34.8 Å². The van der Waals surface area contributed by atoms with Gasteiger partial charge in [0.15, 0.2) is 0 Å². The Morgan fingerprint density at radius 2 is 1.65 bits per heavy atom. The Hall–Kier alpha value is -1.42. The Balaban J connectivity index is 1.75. The molecule has 23 heavy (non-hydrogen) atoms. The number of rotatable bonds is 3. The summed E-state index contributed by atoms with van der Waals surface area (Å²) < 4.78 is 0. The minimum absolute atomic E-state index is 0.256. The highest BCUT2D eigenvalue weighted by Crippen LogP contribution is 2.31. The summed E-state index contributed by atoms with van der Waals surface area (Å²) in [5.41, 5.74) is 2.10. The standard InChI is InChI=1S/C17H15Cl3N2O/c18-13-5-3-11(9-14(13)19)17(23)21-12-4-6-16(15(20)10-12)22-7-1-2-8-22/h3-6,9-10H,1-2,7-8H2,(H,21,23). The number of carbonyl (C=O) groups is 1. The molecule has 3 rings (SSSR count). The molecule has 1 aliphatic rings. The van der Waals surface area contributed by atoms with E-state index in [4.69, 9.17) is 34.8 Å². The van der Waals surface area contributed by atoms with Gasteiger partial charge in [0.2, 0.25) is 0 Å². The second kappa shape index (κ2) is 7.00. The number of nitrogens with zero attached hydrogens (tertiary/aromatic N) is 1. The van der Waals surface area contributed by atoms with Crippen LogP contribution in [0, 0.1) is 0 Å². The molecular weight excluding hydrogens is 355 g/mol. The summed E-state index contributed by atoms with van der Waals surface area (Å²) in [6.07, 6.45) is 2.37. The van der Waals surface area contributed by atoms with Gasteiger partial charge in [0, 0.05) is 24.3 Å². The highest BCUT2D eigenvalue weighted by Gasteiger charge is 2.16. The maximum Gasteiger partial charge on any atom is 0.255 e. The van der Waals surface area contributed by atoms with Gasteiger partial charge in [-0.2, -0.15) is 0 Å². The van der Waals surface area contributed by atoms with Crippen molar-refractivity contribution in [2.45, 2.75) is 12.8 Å². The van der Waals surface area contributed by atoms with E-state index < -0.39 is 0 Å². The number of hydrogen-bond donors (Lipinski definition) is 1. The van der Waals surface area contributed by atoms with Crippen molar-refractivity contribution in [1.82, 2.24) is 0 Å². The van der Waals surface area contributed by atoms with Crippen molar-refractivity contribution in [3.63, 3.8) is 0 Å². The molecule has 0 bridgehead atoms. The van der Waals surface area contributed by atoms with E-state index in [-0.39, 0.29) is 5.91 Å². The summed E-state index contributed by atoms with van der Waals surface area (Å²) in [6, 6.07) is 10.3. The summed E-state index contributed by atoms with van der Waals surface area (Å²) in [4.78, 5) is 14.5. The Morgan fingerprint density at radius 1 is 0.913 bits per heavy atom. The first-order valence-electron chi connectivity index (χ1n) is 7.35. The lowest BCUT2D eigenvalue weighted by Crippen LogP contribution is -2.18. The van der Waals surface area contributed by atoms with Crippen LogP contribution in [0.2, 0.25) is 15.1 Å². The van der Waals surface area contributed by atoms with Crippen LogP contribution >= 0.6 is 34.8 Å². The zero-order valence-corrected chi connectivity index (χ0v) is 14.5. The molecule has 1 heterocycles. The number of benzene rings is 2. The zero-order valence-electron chi connectivity index (χ0n) is 12.3. The third kappa shape index (κ3) is 3.74. The van der Waals surface area contributed by atoms with Crippen LogP contribution in [0.15, 0.2) is 36.4 Å². The molecule has 0 saturated carbocycles. The third-order valence-corrected chi connectivity index (χ3v) is 4.88. The average molecular weight is 370 g/mol. The lowest BCUT2D eigenvalue weighted by atomic mass is 10.2. The molecule has 1 fully saturated rings. The van der Waals surface area contributed by atoms with E-state index in [0.29, 0.717) is 26.3 Å². The minimum atomic E-state index is -0.256. The van der Waals surface area contributed by atoms with Crippen molar-refractivity contribution >= 4 is 52.1 Å². The van der Waals surface area contributed by atoms with E-state index in [0.717, 1.165) is 18.8 Å². The van der Waals surface area contributed by atoms with Gasteiger partial charge in [-0.05, 0) is 49.2 Å². The minimum Gasteiger partial charge on any atom is -0.370 e. The van der Waals surface area contributed by atoms with Crippen molar-refractivity contribution in [3.05, 3.63) is 57.0 Å². The van der Waals surface area contributed by atoms with E-state index in [1.807, 2.05) is 12.1 Å². The van der Waals surface area contributed by atoms with Gasteiger partial charge >= 0.3 is 0 Å². The molecule has 1 amide bonds. The molecule has 2 aromatic carbocycles. The molecule has 6 heteroatoms. The Labute approximate surface area is 150 Å². The van der Waals surface area contributed by atoms with Crippen LogP contribution in [0.3, 0.4) is 0 Å². The van der Waals surface area contributed by atoms with E-state index in [9.17, 15) is 4.79 Å². The molecule has 1 aliphatic heterocycles. The molecule has 2 aromatic rings. The van der Waals surface area contributed by atoms with Gasteiger partial charge < -0.3 is 10.2 Å². The predicted octanol–water partition coefficient (Wildman–Crippen LogP) is 5.50. The maximum absolute atomic E-state index is 12.3. The first-order valence-corrected chi connectivity index (χ1v) is 8.49. The summed E-state index contributed by atoms with van der Waals surface area (Å²) >= 11 is 18.2. The number of amides is 1. The SMILES string of the molecule is O=C(Nc1ccc(N2CCCC2)c(Cl)c1)c1ccc(Cl)c(Cl)c1. The smallest absolute Gasteiger partial charge is 0.255 e. The molecular formula is C17H15Cl3N2O. The summed E-state index contributed by atoms with van der Waals surface area (Å²) in [5, 5.41) is 4.22. The molecule has 0 radical (unpaired) electrons. The molecule has 0 unspecified atom stereocenters. The van der Waals surface area contributed by atoms with Gasteiger partial charge in [0.1, 0.15) is 0 Å². The molecule has 120 valence electrons. The highest BCUT2D eigenvalue weighted by atomic mass is 35.5. The highest BCUT2D eigenvalue weighted by molar-refractivity contribution is 6.42. The van der Waals surface area contributed by atoms with Gasteiger partial charge in [-0.15, -0.1) is 0 Å². The van der Waals surface area contributed by atoms with E-state index in [1.165, 1.54) is 12.8 Å². The topological polar surface area (TPSA) is 32.3 Å². The molecule has 0 aromatic heterocycles. The first kappa shape index (κ1) is 16.4. The van der Waals surface area contributed by atoms with Crippen molar-refractivity contribution in [3.8, 4) is 0 Å². The molecule has 0 spiro atoms. The number of hydrogen-bond acceptors (Lipinski definition) is 2. The fourth-order valence-electron chi connectivity index (χ4n) is 2.64. The van der Waals surface area contributed by atoms with Gasteiger partial charge in [0.05, 0.1) is 20.8 Å². The van der Waals surface area contributed by atoms with Gasteiger partial charge in [0.25, 0.3) is 5.91 Å². The maximum atomic E-state index is 12.3. The number of anilines is 2. The van der Waals surface area contributed by atoms with Crippen LogP contribution in [0.25, 0.3) is 0 Å². The summed E-state index contributed by atoms with van der Waals surface area (Å²) in [7, 11) is 0. The number of carbonyl (C=O) groups excluding carboxylic acids is 1. The summed E-state index contributed by atoms with van der Waals surface area (Å²) in [6.45, 7) is 2.05. The third-order valence-electron chi connectivity index (χ3n) is 3.83. The number of nitrogens with one attached hydrogen (secondary N) is 1. The van der Waals surface area contributed by atoms with E-state index in [2.05, 4.69) is 10.2 Å². The fourth-order valence-corrected chi connectivity index (χ4v) is 3.24. The van der Waals surface area contributed by atoms with Crippen LogP contribution in [-0.4, -0.2) is 19.0 Å². The van der Waals surface area contributed by atoms with Gasteiger partial charge in [-0.25, -0.2) is 0 Å². The predicted molar refractivity (Wildman–Crippen MR) is 97.3 cm³/mol. The van der Waals surface area contributed by atoms with Crippen molar-refractivity contribution < 1.29 is 4.79 Å². The van der Waals surface area contributed by atoms with E-state index in [1.54, 1.807) is 24.3 Å². The second-order valence-corrected chi connectivity index (χ2v) is 6.66. The van der Waals surface area contributed by atoms with Crippen molar-refractivity contribution in [2.24, 2.45) is 0 Å². The van der Waals surface area contributed by atoms with E-state index >= 15 is 0 Å². The summed E-state index contributed by atoms with van der Waals surface area (Å²) in [5.74, 6) is -0.256. The van der Waals surface area contributed by atoms with Crippen LogP contribution in [0.4, 0.5) is 11.4 Å². The lowest BCUT2D eigenvalue weighted by Gasteiger charge is -2.19. The van der Waals surface area contributed by atoms with Crippen LogP contribution < -0.4 is 10.2 Å². The van der Waals surface area contributed by atoms with Crippen molar-refractivity contribution in [1.29, 1.82) is 0 Å². The Morgan fingerprint density at radius 3 is 2.30 bits per heavy atom. The zero-order chi connectivity index (χ0) is 16.4. The molecule has 1 N–H and O–H groups in total. The van der Waals surface area contributed by atoms with Crippen molar-refractivity contribution in [2.75, 3.05) is 23.3 Å². The second-order valence-electron chi connectivity index (χ2n) is 5.44. The average Bonchev–Trinajstić information content (AvgIpc) is 3.04. The molecule has 0 aliphatic carbocycles. The monoisotopic (exact) mass is 368 g/mol. The molecule has 3 nitrogen and oxygen atoms in total. The normalized spacial score (nSPS) is 14.1. The fraction of sp³-hybridized carbons (Fsp3) is 0.235. The van der Waals surface area contributed by atoms with Crippen LogP contribution in [0.1, 0.15) is 23.2 Å². The number of halogens is 3. The lowest BCUT2D eigenvalue weighted by molar-refractivity contribution is 0.102. The first-order chi connectivity index (χ1) is 11.0. The Kier molecular flexibility index (Phi) is 5.00. The molecule has 0 atom stereocenters. The Bertz CT molecular complexity index is 743. The quantitative estimate of drug-likeness (QED) is 0.775. The van der Waals surface area contributed by atoms with Gasteiger partial charge in [-0.3, -0.25) is 4.79 Å². The van der Waals surface area contributed by atoms with Crippen LogP contribution in [0.5, 0.6) is 0 Å². The van der Waals surface area contributed by atoms with Crippen LogP contribution in [-0.2, 0) is 0 Å². The molecule has 1 saturated heterocycles.